The van der Waals surface area contributed by atoms with Gasteiger partial charge in [0.25, 0.3) is 5.56 Å². The molecule has 0 spiro atoms. The van der Waals surface area contributed by atoms with Crippen molar-refractivity contribution < 1.29 is 14.7 Å². The Kier molecular flexibility index (Phi) is 4.14. The number of carbonyl (C=O) groups is 2. The highest BCUT2D eigenvalue weighted by Gasteiger charge is 2.28. The fourth-order valence-corrected chi connectivity index (χ4v) is 3.00. The van der Waals surface area contributed by atoms with Crippen LogP contribution < -0.4 is 5.56 Å². The van der Waals surface area contributed by atoms with Gasteiger partial charge in [-0.3, -0.25) is 14.4 Å². The topological polar surface area (TPSA) is 90.5 Å². The van der Waals surface area contributed by atoms with Crippen LogP contribution in [0.1, 0.15) is 18.4 Å². The molecule has 0 saturated carbocycles. The summed E-state index contributed by atoms with van der Waals surface area (Å²) in [5.74, 6) is -1.58. The SMILES string of the molecule is O=C(O)[C@@H]1CCCN(C(=O)Cc2cc3ccccc3[nH]c2=O)C1. The molecule has 0 aliphatic carbocycles. The van der Waals surface area contributed by atoms with Crippen LogP contribution in [0.15, 0.2) is 35.1 Å². The van der Waals surface area contributed by atoms with E-state index >= 15 is 0 Å². The second kappa shape index (κ2) is 6.24. The summed E-state index contributed by atoms with van der Waals surface area (Å²) in [5, 5.41) is 9.97. The molecule has 0 bridgehead atoms. The molecule has 0 unspecified atom stereocenters. The number of fused-ring (bicyclic) bond motifs is 1. The first-order valence-corrected chi connectivity index (χ1v) is 7.66. The molecule has 2 aromatic rings. The fourth-order valence-electron chi connectivity index (χ4n) is 3.00. The number of likely N-dealkylation sites (tertiary alicyclic amines) is 1. The summed E-state index contributed by atoms with van der Waals surface area (Å²) in [7, 11) is 0. The number of amides is 1. The van der Waals surface area contributed by atoms with Gasteiger partial charge in [-0.05, 0) is 30.4 Å². The van der Waals surface area contributed by atoms with E-state index in [2.05, 4.69) is 4.98 Å². The number of carboxylic acid groups (broad SMARTS) is 1. The lowest BCUT2D eigenvalue weighted by atomic mass is 9.97. The highest BCUT2D eigenvalue weighted by Crippen LogP contribution is 2.18. The van der Waals surface area contributed by atoms with Crippen LogP contribution in [-0.4, -0.2) is 40.0 Å². The lowest BCUT2D eigenvalue weighted by Gasteiger charge is -2.30. The molecule has 1 aromatic carbocycles. The molecule has 120 valence electrons. The number of nitrogens with one attached hydrogen (secondary N) is 1. The molecule has 2 N–H and O–H groups in total. The standard InChI is InChI=1S/C17H18N2O4/c20-15(19-7-3-5-12(10-19)17(22)23)9-13-8-11-4-1-2-6-14(11)18-16(13)21/h1-2,4,6,8,12H,3,5,7,9-10H2,(H,18,21)(H,22,23)/t12-/m1/s1. The van der Waals surface area contributed by atoms with Gasteiger partial charge < -0.3 is 15.0 Å². The molecule has 1 aliphatic heterocycles. The van der Waals surface area contributed by atoms with Gasteiger partial charge in [-0.15, -0.1) is 0 Å². The van der Waals surface area contributed by atoms with E-state index in [-0.39, 0.29) is 24.4 Å². The van der Waals surface area contributed by atoms with Crippen LogP contribution in [-0.2, 0) is 16.0 Å². The van der Waals surface area contributed by atoms with E-state index in [0.29, 0.717) is 24.9 Å². The number of aromatic nitrogens is 1. The number of carbonyl (C=O) groups excluding carboxylic acids is 1. The van der Waals surface area contributed by atoms with Crippen LogP contribution in [0.5, 0.6) is 0 Å². The zero-order valence-corrected chi connectivity index (χ0v) is 12.6. The lowest BCUT2D eigenvalue weighted by Crippen LogP contribution is -2.43. The van der Waals surface area contributed by atoms with Crippen molar-refractivity contribution in [1.29, 1.82) is 0 Å². The number of aliphatic carboxylic acids is 1. The number of carboxylic acids is 1. The third-order valence-electron chi connectivity index (χ3n) is 4.30. The van der Waals surface area contributed by atoms with Gasteiger partial charge in [0.1, 0.15) is 0 Å². The zero-order chi connectivity index (χ0) is 16.4. The monoisotopic (exact) mass is 314 g/mol. The molecule has 1 atom stereocenters. The molecule has 1 fully saturated rings. The molecule has 1 saturated heterocycles. The number of benzene rings is 1. The number of para-hydroxylation sites is 1. The average molecular weight is 314 g/mol. The quantitative estimate of drug-likeness (QED) is 0.896. The minimum atomic E-state index is -0.869. The third kappa shape index (κ3) is 3.26. The Morgan fingerprint density at radius 3 is 2.87 bits per heavy atom. The minimum absolute atomic E-state index is 0.00743. The number of hydrogen-bond acceptors (Lipinski definition) is 3. The summed E-state index contributed by atoms with van der Waals surface area (Å²) in [6, 6.07) is 9.12. The van der Waals surface area contributed by atoms with Crippen LogP contribution in [0, 0.1) is 5.92 Å². The van der Waals surface area contributed by atoms with Gasteiger partial charge >= 0.3 is 5.97 Å². The van der Waals surface area contributed by atoms with Crippen molar-refractivity contribution in [3.8, 4) is 0 Å². The molecule has 1 amide bonds. The lowest BCUT2D eigenvalue weighted by molar-refractivity contribution is -0.145. The first kappa shape index (κ1) is 15.3. The predicted molar refractivity (Wildman–Crippen MR) is 85.2 cm³/mol. The third-order valence-corrected chi connectivity index (χ3v) is 4.30. The number of H-pyrrole nitrogens is 1. The van der Waals surface area contributed by atoms with E-state index in [1.807, 2.05) is 24.3 Å². The Balaban J connectivity index is 1.78. The summed E-state index contributed by atoms with van der Waals surface area (Å²) in [5.41, 5.74) is 0.868. The Hall–Kier alpha value is -2.63. The van der Waals surface area contributed by atoms with Crippen molar-refractivity contribution in [2.45, 2.75) is 19.3 Å². The molecule has 23 heavy (non-hydrogen) atoms. The Labute approximate surface area is 132 Å². The molecule has 6 nitrogen and oxygen atoms in total. The highest BCUT2D eigenvalue weighted by molar-refractivity contribution is 5.83. The van der Waals surface area contributed by atoms with Gasteiger partial charge in [-0.2, -0.15) is 0 Å². The minimum Gasteiger partial charge on any atom is -0.481 e. The summed E-state index contributed by atoms with van der Waals surface area (Å²) < 4.78 is 0. The smallest absolute Gasteiger partial charge is 0.308 e. The van der Waals surface area contributed by atoms with Crippen molar-refractivity contribution in [3.05, 3.63) is 46.2 Å². The molecule has 1 aliphatic rings. The number of rotatable bonds is 3. The van der Waals surface area contributed by atoms with Gasteiger partial charge in [0, 0.05) is 24.2 Å². The van der Waals surface area contributed by atoms with Gasteiger partial charge in [-0.1, -0.05) is 18.2 Å². The van der Waals surface area contributed by atoms with Crippen molar-refractivity contribution in [2.24, 2.45) is 5.92 Å². The summed E-state index contributed by atoms with van der Waals surface area (Å²) in [6.45, 7) is 0.772. The summed E-state index contributed by atoms with van der Waals surface area (Å²) in [6.07, 6.45) is 1.26. The zero-order valence-electron chi connectivity index (χ0n) is 12.6. The predicted octanol–water partition coefficient (Wildman–Crippen LogP) is 1.39. The summed E-state index contributed by atoms with van der Waals surface area (Å²) in [4.78, 5) is 39.9. The molecular formula is C17H18N2O4. The van der Waals surface area contributed by atoms with Crippen LogP contribution in [0.2, 0.25) is 0 Å². The molecular weight excluding hydrogens is 296 g/mol. The summed E-state index contributed by atoms with van der Waals surface area (Å²) >= 11 is 0. The first-order chi connectivity index (χ1) is 11.0. The van der Waals surface area contributed by atoms with Crippen molar-refractivity contribution in [3.63, 3.8) is 0 Å². The number of piperidine rings is 1. The van der Waals surface area contributed by atoms with Gasteiger partial charge in [0.05, 0.1) is 12.3 Å². The molecule has 1 aromatic heterocycles. The molecule has 6 heteroatoms. The average Bonchev–Trinajstić information content (AvgIpc) is 2.55. The Morgan fingerprint density at radius 1 is 1.30 bits per heavy atom. The van der Waals surface area contributed by atoms with Crippen LogP contribution >= 0.6 is 0 Å². The molecule has 2 heterocycles. The fraction of sp³-hybridized carbons (Fsp3) is 0.353. The van der Waals surface area contributed by atoms with Crippen LogP contribution in [0.3, 0.4) is 0 Å². The Morgan fingerprint density at radius 2 is 2.09 bits per heavy atom. The maximum atomic E-state index is 12.4. The number of pyridine rings is 1. The first-order valence-electron chi connectivity index (χ1n) is 7.66. The Bertz CT molecular complexity index is 812. The largest absolute Gasteiger partial charge is 0.481 e. The second-order valence-corrected chi connectivity index (χ2v) is 5.90. The van der Waals surface area contributed by atoms with E-state index in [4.69, 9.17) is 5.11 Å². The number of hydrogen-bond donors (Lipinski definition) is 2. The van der Waals surface area contributed by atoms with Crippen LogP contribution in [0.25, 0.3) is 10.9 Å². The van der Waals surface area contributed by atoms with E-state index in [1.54, 1.807) is 11.0 Å². The number of nitrogens with zero attached hydrogens (tertiary/aromatic N) is 1. The maximum absolute atomic E-state index is 12.4. The van der Waals surface area contributed by atoms with Gasteiger partial charge in [0.15, 0.2) is 0 Å². The maximum Gasteiger partial charge on any atom is 0.308 e. The van der Waals surface area contributed by atoms with Gasteiger partial charge in [-0.25, -0.2) is 0 Å². The van der Waals surface area contributed by atoms with E-state index in [1.165, 1.54) is 0 Å². The van der Waals surface area contributed by atoms with E-state index < -0.39 is 11.9 Å². The van der Waals surface area contributed by atoms with E-state index in [9.17, 15) is 14.4 Å². The second-order valence-electron chi connectivity index (χ2n) is 5.90. The van der Waals surface area contributed by atoms with Gasteiger partial charge in [0.2, 0.25) is 5.91 Å². The molecule has 3 rings (SSSR count). The normalized spacial score (nSPS) is 18.1. The molecule has 0 radical (unpaired) electrons. The van der Waals surface area contributed by atoms with Crippen LogP contribution in [0.4, 0.5) is 0 Å². The van der Waals surface area contributed by atoms with Crippen molar-refractivity contribution >= 4 is 22.8 Å². The van der Waals surface area contributed by atoms with Crippen molar-refractivity contribution in [2.75, 3.05) is 13.1 Å². The van der Waals surface area contributed by atoms with Crippen molar-refractivity contribution in [1.82, 2.24) is 9.88 Å². The highest BCUT2D eigenvalue weighted by atomic mass is 16.4. The number of aromatic amines is 1. The van der Waals surface area contributed by atoms with E-state index in [0.717, 1.165) is 10.9 Å².